The Hall–Kier alpha value is -8.60. The Bertz CT molecular complexity index is 3910. The fourth-order valence-electron chi connectivity index (χ4n) is 13.7. The number of aliphatic hydroxyl groups excluding tert-OH is 15. The Kier molecular flexibility index (Phi) is 28.2. The molecule has 0 aromatic rings. The lowest BCUT2D eigenvalue weighted by Crippen LogP contribution is -2.61. The monoisotopic (exact) mass is 1510 g/mol. The van der Waals surface area contributed by atoms with Crippen molar-refractivity contribution in [2.75, 3.05) is 26.4 Å². The molecule has 0 aromatic heterocycles. The summed E-state index contributed by atoms with van der Waals surface area (Å²) in [7, 11) is 0. The zero-order valence-electron chi connectivity index (χ0n) is 63.9. The summed E-state index contributed by atoms with van der Waals surface area (Å²) >= 11 is 0. The third kappa shape index (κ3) is 18.6. The third-order valence-electron chi connectivity index (χ3n) is 19.3. The smallest absolute Gasteiger partial charge is 0.377 e. The molecular weight excluding hydrogens is 1410 g/mol. The lowest BCUT2D eigenvalue weighted by atomic mass is 9.67. The summed E-state index contributed by atoms with van der Waals surface area (Å²) < 4.78 is 41.8. The summed E-state index contributed by atoms with van der Waals surface area (Å²) in [6, 6.07) is 0. The molecule has 0 aromatic carbocycles. The van der Waals surface area contributed by atoms with Crippen LogP contribution in [0.1, 0.15) is 158 Å². The van der Waals surface area contributed by atoms with Crippen molar-refractivity contribution in [1.29, 1.82) is 0 Å². The maximum Gasteiger partial charge on any atom is 0.377 e. The molecule has 6 heterocycles. The normalized spacial score (nSPS) is 30.2. The van der Waals surface area contributed by atoms with Gasteiger partial charge < -0.3 is 114 Å². The van der Waals surface area contributed by atoms with Gasteiger partial charge in [-0.25, -0.2) is 19.2 Å². The molecular formula is C76H104O31. The van der Waals surface area contributed by atoms with E-state index in [0.29, 0.717) is 41.6 Å². The largest absolute Gasteiger partial charge is 0.505 e. The van der Waals surface area contributed by atoms with Crippen LogP contribution in [0.4, 0.5) is 0 Å². The lowest BCUT2D eigenvalue weighted by molar-refractivity contribution is -0.242. The number of ketones is 4. The zero-order chi connectivity index (χ0) is 82.0. The highest BCUT2D eigenvalue weighted by atomic mass is 16.8. The van der Waals surface area contributed by atoms with E-state index in [2.05, 4.69) is 49.3 Å². The quantitative estimate of drug-likeness (QED) is 0.0616. The Labute approximate surface area is 619 Å². The first kappa shape index (κ1) is 89.0. The number of esters is 4. The number of ether oxygens (including phenoxy) is 8. The highest BCUT2D eigenvalue weighted by Crippen LogP contribution is 2.52. The van der Waals surface area contributed by atoms with E-state index in [-0.39, 0.29) is 46.8 Å². The molecule has 6 aliphatic heterocycles. The number of aliphatic hydroxyl groups is 15. The van der Waals surface area contributed by atoms with Crippen molar-refractivity contribution in [3.8, 4) is 0 Å². The van der Waals surface area contributed by atoms with Crippen molar-refractivity contribution in [3.05, 3.63) is 137 Å². The fourth-order valence-corrected chi connectivity index (χ4v) is 13.7. The molecule has 594 valence electrons. The first-order chi connectivity index (χ1) is 49.1. The van der Waals surface area contributed by atoms with Gasteiger partial charge in [-0.3, -0.25) is 19.2 Å². The van der Waals surface area contributed by atoms with Crippen molar-refractivity contribution >= 4 is 47.0 Å². The number of hydrogen-bond acceptors (Lipinski definition) is 31. The van der Waals surface area contributed by atoms with Gasteiger partial charge in [0.05, 0.1) is 26.4 Å². The number of cyclic esters (lactones) is 4. The van der Waals surface area contributed by atoms with Crippen LogP contribution in [0.5, 0.6) is 0 Å². The van der Waals surface area contributed by atoms with Crippen molar-refractivity contribution in [2.45, 2.75) is 236 Å². The Balaban J connectivity index is 0.000000238. The summed E-state index contributed by atoms with van der Waals surface area (Å²) in [4.78, 5) is 91.7. The van der Waals surface area contributed by atoms with Gasteiger partial charge in [-0.1, -0.05) is 102 Å². The van der Waals surface area contributed by atoms with Crippen LogP contribution in [0.2, 0.25) is 0 Å². The van der Waals surface area contributed by atoms with Crippen LogP contribution in [0.15, 0.2) is 137 Å². The first-order valence-corrected chi connectivity index (χ1v) is 34.3. The lowest BCUT2D eigenvalue weighted by Gasteiger charge is -2.46. The average Bonchev–Trinajstić information content (AvgIpc) is 1.67. The third-order valence-corrected chi connectivity index (χ3v) is 19.3. The van der Waals surface area contributed by atoms with Gasteiger partial charge in [0.25, 0.3) is 5.79 Å². The topological polar surface area (TPSA) is 514 Å². The van der Waals surface area contributed by atoms with E-state index in [9.17, 15) is 74.1 Å². The highest BCUT2D eigenvalue weighted by Gasteiger charge is 2.65. The standard InChI is InChI=1S/C19H24O8.C19H26O7.C13H20O2.C13H18O2.2C6H8O6/c1-8(2)6-10-9(3)15(22)19(17(24)18(10,4)5)25-7-11(27-19)14-12(20)13(21)16(23)26-14;1-9(2)6-11-10(3)19(13(20)7-18(11,4)5)24-8-12(26-19)16-14(21)15(22)17(23)25-16;2*1-8(2)6-10-9(3)12(15)11(14)7-13(10,4)5;2*7-1-2(8)5-3(9)4(10)6(11)12-5/h6,11,14,17,20-21,24H,7H2,1-5H3;6,12-13,16,20-22H,7-8H2,1-5H3;6,11,14H,7H2,1-5H3;6H,7H2,1-5H3;2*2,5,7-10H,1H2/t11?,14-,17?,19?;12?,13?,16-,19?;;;2*2-,5+/m11..00/s1. The summed E-state index contributed by atoms with van der Waals surface area (Å²) in [5.41, 5.74) is 9.22. The summed E-state index contributed by atoms with van der Waals surface area (Å²) in [6.45, 7) is 37.2. The fraction of sp³-hybridized carbons (Fsp3) is 0.579. The second kappa shape index (κ2) is 33.9. The predicted octanol–water partition coefficient (Wildman–Crippen LogP) is 6.68. The Morgan fingerprint density at radius 1 is 0.458 bits per heavy atom. The van der Waals surface area contributed by atoms with Gasteiger partial charge in [-0.15, -0.1) is 0 Å². The van der Waals surface area contributed by atoms with Gasteiger partial charge in [0.2, 0.25) is 46.2 Å². The molecule has 4 aliphatic carbocycles. The van der Waals surface area contributed by atoms with Crippen LogP contribution in [0.3, 0.4) is 0 Å². The van der Waals surface area contributed by atoms with Crippen LogP contribution in [0, 0.1) is 21.7 Å². The number of carbonyl (C=O) groups is 8. The van der Waals surface area contributed by atoms with Gasteiger partial charge in [-0.05, 0) is 146 Å². The molecule has 31 nitrogen and oxygen atoms in total. The van der Waals surface area contributed by atoms with E-state index in [1.165, 1.54) is 5.57 Å². The number of allylic oxidation sites excluding steroid dienone is 12. The van der Waals surface area contributed by atoms with E-state index in [4.69, 9.17) is 69.3 Å². The molecule has 7 unspecified atom stereocenters. The van der Waals surface area contributed by atoms with Crippen LogP contribution in [-0.2, 0) is 76.3 Å². The van der Waals surface area contributed by atoms with Crippen molar-refractivity contribution in [1.82, 2.24) is 0 Å². The minimum absolute atomic E-state index is 0.00617. The highest BCUT2D eigenvalue weighted by molar-refractivity contribution is 6.44. The SMILES string of the molecule is CC(C)=CC1=C(C)C(=O)C(=O)CC1(C)C.CC(C)=CC1=C(C)C(=O)C(O)CC1(C)C.CC(C)=CC1=C(C)C(=O)C2(OCC([C@H]3OC(=O)C(O)=C3O)O2)C(O)C1(C)C.CC(C)=CC1=C(C)C2(OCC([C@H]3OC(=O)C(O)=C3O)O2)C(O)CC1(C)C.O=C1O[C@H]([C@@H](O)CO)C(O)=C1O.O=C1O[C@H]([C@@H](O)CO)C(O)=C1O. The maximum absolute atomic E-state index is 13.1. The van der Waals surface area contributed by atoms with E-state index in [1.54, 1.807) is 34.6 Å². The van der Waals surface area contributed by atoms with Crippen LogP contribution >= 0.6 is 0 Å². The van der Waals surface area contributed by atoms with Gasteiger partial charge in [0.1, 0.15) is 42.7 Å². The van der Waals surface area contributed by atoms with E-state index >= 15 is 0 Å². The molecule has 10 rings (SSSR count). The maximum atomic E-state index is 13.1. The summed E-state index contributed by atoms with van der Waals surface area (Å²) in [6.07, 6.45) is -3.74. The Morgan fingerprint density at radius 2 is 0.813 bits per heavy atom. The molecule has 2 spiro atoms. The second-order valence-corrected chi connectivity index (χ2v) is 30.9. The molecule has 0 bridgehead atoms. The minimum atomic E-state index is -1.97. The molecule has 15 N–H and O–H groups in total. The Morgan fingerprint density at radius 3 is 1.19 bits per heavy atom. The van der Waals surface area contributed by atoms with E-state index in [1.807, 2.05) is 88.3 Å². The molecule has 13 atom stereocenters. The van der Waals surface area contributed by atoms with E-state index in [0.717, 1.165) is 39.0 Å². The van der Waals surface area contributed by atoms with E-state index < -0.39 is 173 Å². The number of Topliss-reactive ketones (excluding diaryl/α,β-unsaturated/α-hetero) is 4. The van der Waals surface area contributed by atoms with Crippen LogP contribution < -0.4 is 0 Å². The molecule has 2 saturated heterocycles. The molecule has 10 aliphatic rings. The van der Waals surface area contributed by atoms with Gasteiger partial charge in [0, 0.05) is 23.0 Å². The summed E-state index contributed by atoms with van der Waals surface area (Å²) in [5, 5.41) is 140. The van der Waals surface area contributed by atoms with Gasteiger partial charge in [-0.2, -0.15) is 0 Å². The zero-order valence-corrected chi connectivity index (χ0v) is 63.9. The molecule has 2 fully saturated rings. The predicted molar refractivity (Wildman–Crippen MR) is 377 cm³/mol. The number of hydrogen-bond donors (Lipinski definition) is 15. The molecule has 0 amide bonds. The van der Waals surface area contributed by atoms with Crippen LogP contribution in [-0.4, -0.2) is 229 Å². The molecule has 31 heteroatoms. The number of carbonyl (C=O) groups excluding carboxylic acids is 8. The minimum Gasteiger partial charge on any atom is -0.505 e. The molecule has 107 heavy (non-hydrogen) atoms. The average molecular weight is 1510 g/mol. The number of rotatable bonds is 10. The van der Waals surface area contributed by atoms with Crippen molar-refractivity contribution < 1.29 is 153 Å². The summed E-state index contributed by atoms with van der Waals surface area (Å²) in [5.74, 6) is -15.2. The van der Waals surface area contributed by atoms with Gasteiger partial charge >= 0.3 is 23.9 Å². The van der Waals surface area contributed by atoms with Gasteiger partial charge in [0.15, 0.2) is 53.2 Å². The van der Waals surface area contributed by atoms with Crippen molar-refractivity contribution in [3.63, 3.8) is 0 Å². The van der Waals surface area contributed by atoms with Crippen LogP contribution in [0.25, 0.3) is 0 Å². The first-order valence-electron chi connectivity index (χ1n) is 34.3. The molecule has 0 saturated carbocycles. The second-order valence-electron chi connectivity index (χ2n) is 30.9. The molecule has 0 radical (unpaired) electrons. The van der Waals surface area contributed by atoms with Crippen molar-refractivity contribution in [2.24, 2.45) is 21.7 Å².